The highest BCUT2D eigenvalue weighted by atomic mass is 32.2. The number of amides is 1. The molecule has 0 radical (unpaired) electrons. The molecule has 1 amide bonds. The van der Waals surface area contributed by atoms with Gasteiger partial charge in [0.2, 0.25) is 0 Å². The van der Waals surface area contributed by atoms with Gasteiger partial charge in [-0.3, -0.25) is 9.69 Å². The molecule has 0 bridgehead atoms. The number of benzene rings is 1. The first-order valence-electron chi connectivity index (χ1n) is 8.77. The lowest BCUT2D eigenvalue weighted by Gasteiger charge is -2.30. The van der Waals surface area contributed by atoms with Crippen LogP contribution in [0.5, 0.6) is 0 Å². The quantitative estimate of drug-likeness (QED) is 0.899. The number of nitrogens with zero attached hydrogens (tertiary/aromatic N) is 2. The predicted octanol–water partition coefficient (Wildman–Crippen LogP) is 2.83. The minimum atomic E-state index is 0.0578. The van der Waals surface area contributed by atoms with Crippen LogP contribution in [-0.4, -0.2) is 55.3 Å². The maximum absolute atomic E-state index is 12.5. The van der Waals surface area contributed by atoms with Crippen molar-refractivity contribution in [3.63, 3.8) is 0 Å². The lowest BCUT2D eigenvalue weighted by Crippen LogP contribution is -2.40. The monoisotopic (exact) mass is 333 g/mol. The van der Waals surface area contributed by atoms with Crippen molar-refractivity contribution in [2.45, 2.75) is 37.6 Å². The van der Waals surface area contributed by atoms with E-state index in [1.165, 1.54) is 30.0 Å². The number of likely N-dealkylation sites (tertiary alicyclic amines) is 1. The molecule has 23 heavy (non-hydrogen) atoms. The standard InChI is InChI=1S/C18H27N3OS/c1-3-20-9-5-6-15(20)13-19-18(22)14-7-8-17-16(12-14)21(4-2)10-11-23-17/h7-8,12,15H,3-6,9-11,13H2,1-2H3,(H,19,22). The Morgan fingerprint density at radius 1 is 1.30 bits per heavy atom. The molecule has 1 fully saturated rings. The fourth-order valence-corrected chi connectivity index (χ4v) is 4.63. The Labute approximate surface area is 143 Å². The zero-order chi connectivity index (χ0) is 16.2. The summed E-state index contributed by atoms with van der Waals surface area (Å²) in [5.74, 6) is 1.18. The first-order valence-corrected chi connectivity index (χ1v) is 9.75. The van der Waals surface area contributed by atoms with E-state index in [1.807, 2.05) is 17.8 Å². The third-order valence-corrected chi connectivity index (χ3v) is 6.01. The first-order chi connectivity index (χ1) is 11.2. The van der Waals surface area contributed by atoms with Crippen molar-refractivity contribution in [1.82, 2.24) is 10.2 Å². The summed E-state index contributed by atoms with van der Waals surface area (Å²) < 4.78 is 0. The number of thioether (sulfide) groups is 1. The van der Waals surface area contributed by atoms with Gasteiger partial charge in [0.1, 0.15) is 0 Å². The third kappa shape index (κ3) is 3.66. The second kappa shape index (κ2) is 7.58. The molecular weight excluding hydrogens is 306 g/mol. The molecule has 0 saturated carbocycles. The van der Waals surface area contributed by atoms with Crippen LogP contribution in [0.4, 0.5) is 5.69 Å². The van der Waals surface area contributed by atoms with Gasteiger partial charge < -0.3 is 10.2 Å². The summed E-state index contributed by atoms with van der Waals surface area (Å²) in [6.07, 6.45) is 2.44. The average molecular weight is 334 g/mol. The molecule has 2 heterocycles. The summed E-state index contributed by atoms with van der Waals surface area (Å²) in [5.41, 5.74) is 2.00. The van der Waals surface area contributed by atoms with E-state index in [0.717, 1.165) is 37.5 Å². The minimum absolute atomic E-state index is 0.0578. The number of fused-ring (bicyclic) bond motifs is 1. The van der Waals surface area contributed by atoms with E-state index in [0.29, 0.717) is 6.04 Å². The zero-order valence-electron chi connectivity index (χ0n) is 14.2. The summed E-state index contributed by atoms with van der Waals surface area (Å²) in [7, 11) is 0. The van der Waals surface area contributed by atoms with Crippen LogP contribution in [0.3, 0.4) is 0 Å². The number of nitrogens with one attached hydrogen (secondary N) is 1. The van der Waals surface area contributed by atoms with E-state index in [-0.39, 0.29) is 5.91 Å². The molecule has 0 spiro atoms. The Kier molecular flexibility index (Phi) is 5.49. The highest BCUT2D eigenvalue weighted by Crippen LogP contribution is 2.35. The van der Waals surface area contributed by atoms with E-state index in [2.05, 4.69) is 41.1 Å². The fourth-order valence-electron chi connectivity index (χ4n) is 3.60. The summed E-state index contributed by atoms with van der Waals surface area (Å²) in [5, 5.41) is 3.14. The van der Waals surface area contributed by atoms with Gasteiger partial charge in [-0.05, 0) is 51.1 Å². The summed E-state index contributed by atoms with van der Waals surface area (Å²) >= 11 is 1.89. The van der Waals surface area contributed by atoms with E-state index in [4.69, 9.17) is 0 Å². The van der Waals surface area contributed by atoms with Gasteiger partial charge in [-0.2, -0.15) is 0 Å². The van der Waals surface area contributed by atoms with Gasteiger partial charge in [0.15, 0.2) is 0 Å². The molecule has 1 unspecified atom stereocenters. The van der Waals surface area contributed by atoms with Crippen LogP contribution < -0.4 is 10.2 Å². The van der Waals surface area contributed by atoms with Gasteiger partial charge in [-0.15, -0.1) is 11.8 Å². The second-order valence-corrected chi connectivity index (χ2v) is 7.38. The minimum Gasteiger partial charge on any atom is -0.370 e. The largest absolute Gasteiger partial charge is 0.370 e. The van der Waals surface area contributed by atoms with Crippen LogP contribution in [0, 0.1) is 0 Å². The topological polar surface area (TPSA) is 35.6 Å². The number of carbonyl (C=O) groups is 1. The van der Waals surface area contributed by atoms with Gasteiger partial charge >= 0.3 is 0 Å². The normalized spacial score (nSPS) is 21.3. The molecule has 0 aromatic heterocycles. The smallest absolute Gasteiger partial charge is 0.251 e. The number of hydrogen-bond donors (Lipinski definition) is 1. The maximum Gasteiger partial charge on any atom is 0.251 e. The van der Waals surface area contributed by atoms with E-state index in [1.54, 1.807) is 0 Å². The Morgan fingerprint density at radius 2 is 2.17 bits per heavy atom. The Bertz CT molecular complexity index is 563. The average Bonchev–Trinajstić information content (AvgIpc) is 3.06. The zero-order valence-corrected chi connectivity index (χ0v) is 15.0. The van der Waals surface area contributed by atoms with Gasteiger partial charge in [0, 0.05) is 41.9 Å². The molecule has 126 valence electrons. The van der Waals surface area contributed by atoms with Crippen LogP contribution in [-0.2, 0) is 0 Å². The fraction of sp³-hybridized carbons (Fsp3) is 0.611. The lowest BCUT2D eigenvalue weighted by molar-refractivity contribution is 0.0941. The van der Waals surface area contributed by atoms with Crippen molar-refractivity contribution in [1.29, 1.82) is 0 Å². The second-order valence-electron chi connectivity index (χ2n) is 6.25. The number of rotatable bonds is 5. The molecule has 2 aliphatic heterocycles. The van der Waals surface area contributed by atoms with Crippen LogP contribution in [0.2, 0.25) is 0 Å². The van der Waals surface area contributed by atoms with Crippen LogP contribution in [0.25, 0.3) is 0 Å². The van der Waals surface area contributed by atoms with Gasteiger partial charge in [0.05, 0.1) is 5.69 Å². The van der Waals surface area contributed by atoms with Gasteiger partial charge in [0.25, 0.3) is 5.91 Å². The number of carbonyl (C=O) groups excluding carboxylic acids is 1. The summed E-state index contributed by atoms with van der Waals surface area (Å²) in [4.78, 5) is 18.6. The Balaban J connectivity index is 1.66. The summed E-state index contributed by atoms with van der Waals surface area (Å²) in [6.45, 7) is 9.42. The first kappa shape index (κ1) is 16.7. The number of hydrogen-bond acceptors (Lipinski definition) is 4. The number of likely N-dealkylation sites (N-methyl/N-ethyl adjacent to an activating group) is 1. The van der Waals surface area contributed by atoms with E-state index >= 15 is 0 Å². The van der Waals surface area contributed by atoms with Crippen molar-refractivity contribution in [2.75, 3.05) is 43.4 Å². The molecule has 2 aliphatic rings. The molecule has 1 N–H and O–H groups in total. The Morgan fingerprint density at radius 3 is 2.96 bits per heavy atom. The molecule has 1 atom stereocenters. The van der Waals surface area contributed by atoms with Gasteiger partial charge in [-0.25, -0.2) is 0 Å². The predicted molar refractivity (Wildman–Crippen MR) is 97.7 cm³/mol. The highest BCUT2D eigenvalue weighted by Gasteiger charge is 2.24. The molecular formula is C18H27N3OS. The van der Waals surface area contributed by atoms with Crippen LogP contribution >= 0.6 is 11.8 Å². The van der Waals surface area contributed by atoms with E-state index < -0.39 is 0 Å². The maximum atomic E-state index is 12.5. The highest BCUT2D eigenvalue weighted by molar-refractivity contribution is 7.99. The molecule has 3 rings (SSSR count). The molecule has 1 saturated heterocycles. The van der Waals surface area contributed by atoms with E-state index in [9.17, 15) is 4.79 Å². The molecule has 1 aromatic rings. The Hall–Kier alpha value is -1.20. The molecule has 0 aliphatic carbocycles. The lowest BCUT2D eigenvalue weighted by atomic mass is 10.1. The molecule has 4 nitrogen and oxygen atoms in total. The number of anilines is 1. The summed E-state index contributed by atoms with van der Waals surface area (Å²) in [6, 6.07) is 6.63. The molecule has 1 aromatic carbocycles. The SMILES string of the molecule is CCN1CCSc2ccc(C(=O)NCC3CCCN3CC)cc21. The van der Waals surface area contributed by atoms with Crippen molar-refractivity contribution < 1.29 is 4.79 Å². The van der Waals surface area contributed by atoms with Crippen LogP contribution in [0.1, 0.15) is 37.0 Å². The van der Waals surface area contributed by atoms with Crippen LogP contribution in [0.15, 0.2) is 23.1 Å². The third-order valence-electron chi connectivity index (χ3n) is 4.97. The molecule has 5 heteroatoms. The van der Waals surface area contributed by atoms with Crippen molar-refractivity contribution >= 4 is 23.4 Å². The van der Waals surface area contributed by atoms with Crippen molar-refractivity contribution in [3.05, 3.63) is 23.8 Å². The van der Waals surface area contributed by atoms with Gasteiger partial charge in [-0.1, -0.05) is 6.92 Å². The van der Waals surface area contributed by atoms with Crippen molar-refractivity contribution in [3.8, 4) is 0 Å². The van der Waals surface area contributed by atoms with Crippen molar-refractivity contribution in [2.24, 2.45) is 0 Å².